The van der Waals surface area contributed by atoms with Crippen molar-refractivity contribution >= 4 is 22.9 Å². The first-order chi connectivity index (χ1) is 12.7. The molecule has 0 aliphatic carbocycles. The number of likely N-dealkylation sites (tertiary alicyclic amines) is 1. The van der Waals surface area contributed by atoms with Crippen molar-refractivity contribution in [1.82, 2.24) is 29.6 Å². The van der Waals surface area contributed by atoms with E-state index in [1.807, 2.05) is 11.0 Å². The third kappa shape index (κ3) is 2.28. The van der Waals surface area contributed by atoms with Gasteiger partial charge in [-0.15, -0.1) is 0 Å². The van der Waals surface area contributed by atoms with Gasteiger partial charge in [0.1, 0.15) is 6.33 Å². The van der Waals surface area contributed by atoms with Gasteiger partial charge < -0.3 is 14.4 Å². The molecule has 2 fully saturated rings. The van der Waals surface area contributed by atoms with Crippen molar-refractivity contribution in [1.29, 1.82) is 0 Å². The average Bonchev–Trinajstić information content (AvgIpc) is 3.41. The van der Waals surface area contributed by atoms with Crippen LogP contribution >= 0.6 is 0 Å². The fourth-order valence-electron chi connectivity index (χ4n) is 4.40. The Bertz CT molecular complexity index is 934. The molecular formula is C18H21N7O. The minimum absolute atomic E-state index is 0.0516. The molecular weight excluding hydrogens is 330 g/mol. The molecule has 2 atom stereocenters. The van der Waals surface area contributed by atoms with Crippen molar-refractivity contribution in [2.45, 2.75) is 13.5 Å². The van der Waals surface area contributed by atoms with E-state index in [1.54, 1.807) is 0 Å². The van der Waals surface area contributed by atoms with Crippen molar-refractivity contribution in [3.05, 3.63) is 36.4 Å². The Hall–Kier alpha value is -2.90. The van der Waals surface area contributed by atoms with Crippen LogP contribution in [0.5, 0.6) is 0 Å². The van der Waals surface area contributed by atoms with E-state index in [4.69, 9.17) is 4.98 Å². The lowest BCUT2D eigenvalue weighted by Crippen LogP contribution is -2.34. The molecule has 1 amide bonds. The number of nitrogens with one attached hydrogen (secondary N) is 1. The molecule has 1 aromatic carbocycles. The van der Waals surface area contributed by atoms with Crippen LogP contribution in [0.25, 0.3) is 11.0 Å². The molecule has 2 unspecified atom stereocenters. The predicted octanol–water partition coefficient (Wildman–Crippen LogP) is 1.38. The maximum atomic E-state index is 12.5. The minimum Gasteiger partial charge on any atom is -0.342 e. The van der Waals surface area contributed by atoms with Gasteiger partial charge in [0.15, 0.2) is 0 Å². The lowest BCUT2D eigenvalue weighted by atomic mass is 10.0. The van der Waals surface area contributed by atoms with E-state index in [1.165, 1.54) is 11.8 Å². The molecule has 8 heteroatoms. The fourth-order valence-corrected chi connectivity index (χ4v) is 4.40. The van der Waals surface area contributed by atoms with Crippen LogP contribution in [0.1, 0.15) is 17.5 Å². The van der Waals surface area contributed by atoms with Crippen LogP contribution in [0.3, 0.4) is 0 Å². The second-order valence-electron chi connectivity index (χ2n) is 7.11. The highest BCUT2D eigenvalue weighted by molar-refractivity contribution is 5.90. The second kappa shape index (κ2) is 5.82. The molecule has 2 aliphatic heterocycles. The molecule has 8 nitrogen and oxygen atoms in total. The van der Waals surface area contributed by atoms with Crippen LogP contribution < -0.4 is 4.90 Å². The van der Waals surface area contributed by atoms with Crippen molar-refractivity contribution < 1.29 is 4.79 Å². The third-order valence-electron chi connectivity index (χ3n) is 5.62. The van der Waals surface area contributed by atoms with Crippen LogP contribution in [0, 0.1) is 11.8 Å². The van der Waals surface area contributed by atoms with Gasteiger partial charge in [0.2, 0.25) is 11.8 Å². The van der Waals surface area contributed by atoms with Crippen LogP contribution in [-0.2, 0) is 6.54 Å². The summed E-state index contributed by atoms with van der Waals surface area (Å²) in [6, 6.07) is 8.29. The summed E-state index contributed by atoms with van der Waals surface area (Å²) in [5, 5.41) is 6.44. The first-order valence-corrected chi connectivity index (χ1v) is 9.09. The van der Waals surface area contributed by atoms with E-state index in [9.17, 15) is 4.79 Å². The highest BCUT2D eigenvalue weighted by Crippen LogP contribution is 2.35. The van der Waals surface area contributed by atoms with E-state index >= 15 is 0 Å². The molecule has 5 rings (SSSR count). The number of nitrogens with zero attached hydrogens (tertiary/aromatic N) is 6. The van der Waals surface area contributed by atoms with Crippen molar-refractivity contribution in [2.24, 2.45) is 11.8 Å². The van der Waals surface area contributed by atoms with Crippen LogP contribution in [0.15, 0.2) is 30.6 Å². The number of carbonyl (C=O) groups is 1. The molecule has 2 aliphatic rings. The normalized spacial score (nSPS) is 22.3. The number of aromatic amines is 1. The van der Waals surface area contributed by atoms with Crippen LogP contribution in [0.4, 0.5) is 5.95 Å². The molecule has 0 saturated carbocycles. The first kappa shape index (κ1) is 15.4. The molecule has 1 N–H and O–H groups in total. The van der Waals surface area contributed by atoms with Crippen molar-refractivity contribution in [2.75, 3.05) is 31.1 Å². The van der Waals surface area contributed by atoms with Crippen molar-refractivity contribution in [3.63, 3.8) is 0 Å². The standard InChI is InChI=1S/C18H21N7O/c1-2-25-15-6-4-3-5-14(15)21-18(25)24-9-12-7-23(8-13(12)10-24)17(26)16-19-11-20-22-16/h3-6,11-13H,2,7-10H2,1H3,(H,19,20,22). The summed E-state index contributed by atoms with van der Waals surface area (Å²) in [7, 11) is 0. The Balaban J connectivity index is 1.35. The van der Waals surface area contributed by atoms with E-state index in [0.29, 0.717) is 17.7 Å². The second-order valence-corrected chi connectivity index (χ2v) is 7.11. The Morgan fingerprint density at radius 1 is 1.19 bits per heavy atom. The zero-order valence-electron chi connectivity index (χ0n) is 14.7. The lowest BCUT2D eigenvalue weighted by molar-refractivity contribution is 0.0771. The van der Waals surface area contributed by atoms with Gasteiger partial charge in [-0.05, 0) is 19.1 Å². The largest absolute Gasteiger partial charge is 0.342 e. The molecule has 4 heterocycles. The molecule has 0 bridgehead atoms. The number of H-pyrrole nitrogens is 1. The summed E-state index contributed by atoms with van der Waals surface area (Å²) in [5.41, 5.74) is 2.23. The molecule has 3 aromatic rings. The smallest absolute Gasteiger partial charge is 0.291 e. The van der Waals surface area contributed by atoms with Gasteiger partial charge in [-0.1, -0.05) is 12.1 Å². The summed E-state index contributed by atoms with van der Waals surface area (Å²) in [6.07, 6.45) is 1.38. The number of rotatable bonds is 3. The number of fused-ring (bicyclic) bond motifs is 2. The molecule has 134 valence electrons. The van der Waals surface area contributed by atoms with E-state index in [0.717, 1.165) is 44.2 Å². The Kier molecular flexibility index (Phi) is 3.44. The molecule has 0 radical (unpaired) electrons. The highest BCUT2D eigenvalue weighted by atomic mass is 16.2. The van der Waals surface area contributed by atoms with Crippen LogP contribution in [0.2, 0.25) is 0 Å². The average molecular weight is 351 g/mol. The van der Waals surface area contributed by atoms with Gasteiger partial charge in [0, 0.05) is 44.6 Å². The monoisotopic (exact) mass is 351 g/mol. The number of aryl methyl sites for hydroxylation is 1. The van der Waals surface area contributed by atoms with Gasteiger partial charge >= 0.3 is 0 Å². The first-order valence-electron chi connectivity index (χ1n) is 9.09. The van der Waals surface area contributed by atoms with Crippen molar-refractivity contribution in [3.8, 4) is 0 Å². The zero-order valence-corrected chi connectivity index (χ0v) is 14.7. The number of amides is 1. The quantitative estimate of drug-likeness (QED) is 0.771. The van der Waals surface area contributed by atoms with Gasteiger partial charge in [-0.2, -0.15) is 5.10 Å². The summed E-state index contributed by atoms with van der Waals surface area (Å²) in [5.74, 6) is 2.29. The van der Waals surface area contributed by atoms with E-state index in [-0.39, 0.29) is 5.91 Å². The number of carbonyl (C=O) groups excluding carboxylic acids is 1. The Labute approximate surface area is 150 Å². The van der Waals surface area contributed by atoms with E-state index < -0.39 is 0 Å². The van der Waals surface area contributed by atoms with Gasteiger partial charge in [-0.3, -0.25) is 9.89 Å². The van der Waals surface area contributed by atoms with Gasteiger partial charge in [0.05, 0.1) is 11.0 Å². The number of anilines is 1. The number of aromatic nitrogens is 5. The Morgan fingerprint density at radius 2 is 1.96 bits per heavy atom. The number of benzene rings is 1. The predicted molar refractivity (Wildman–Crippen MR) is 96.9 cm³/mol. The van der Waals surface area contributed by atoms with Gasteiger partial charge in [0.25, 0.3) is 5.91 Å². The molecule has 26 heavy (non-hydrogen) atoms. The highest BCUT2D eigenvalue weighted by Gasteiger charge is 2.43. The number of hydrogen-bond acceptors (Lipinski definition) is 5. The minimum atomic E-state index is -0.0516. The summed E-state index contributed by atoms with van der Waals surface area (Å²) < 4.78 is 2.29. The SMILES string of the molecule is CCn1c(N2CC3CN(C(=O)c4ncn[nH]4)CC3C2)nc2ccccc21. The third-order valence-corrected chi connectivity index (χ3v) is 5.62. The topological polar surface area (TPSA) is 82.9 Å². The summed E-state index contributed by atoms with van der Waals surface area (Å²) in [6.45, 7) is 6.48. The fraction of sp³-hybridized carbons (Fsp3) is 0.444. The van der Waals surface area contributed by atoms with Gasteiger partial charge in [-0.25, -0.2) is 9.97 Å². The number of imidazole rings is 1. The van der Waals surface area contributed by atoms with E-state index in [2.05, 4.69) is 49.8 Å². The number of hydrogen-bond donors (Lipinski definition) is 1. The zero-order chi connectivity index (χ0) is 17.7. The maximum Gasteiger partial charge on any atom is 0.291 e. The molecule has 0 spiro atoms. The van der Waals surface area contributed by atoms with Crippen LogP contribution in [-0.4, -0.2) is 61.7 Å². The molecule has 2 aromatic heterocycles. The lowest BCUT2D eigenvalue weighted by Gasteiger charge is -2.22. The Morgan fingerprint density at radius 3 is 2.65 bits per heavy atom. The molecule has 2 saturated heterocycles. The summed E-state index contributed by atoms with van der Waals surface area (Å²) in [4.78, 5) is 25.6. The number of para-hydroxylation sites is 2. The summed E-state index contributed by atoms with van der Waals surface area (Å²) >= 11 is 0. The maximum absolute atomic E-state index is 12.5.